The molecule has 0 fully saturated rings. The van der Waals surface area contributed by atoms with Crippen molar-refractivity contribution in [2.75, 3.05) is 0 Å². The van der Waals surface area contributed by atoms with Crippen LogP contribution in [0.4, 0.5) is 0 Å². The molecular weight excluding hydrogens is 214 g/mol. The smallest absolute Gasteiger partial charge is 0.105 e. The van der Waals surface area contributed by atoms with Gasteiger partial charge in [0.15, 0.2) is 0 Å². The molecule has 4 N–H and O–H groups in total. The fraction of sp³-hybridized carbons (Fsp3) is 0.333. The first-order valence-corrected chi connectivity index (χ1v) is 5.75. The number of nitrogens with two attached hydrogens (primary N) is 1. The maximum absolute atomic E-state index is 5.59. The minimum atomic E-state index is -0.120. The van der Waals surface area contributed by atoms with Gasteiger partial charge in [0, 0.05) is 0 Å². The topological polar surface area (TPSA) is 79.6 Å². The summed E-state index contributed by atoms with van der Waals surface area (Å²) in [6.45, 7) is 2.17. The predicted molar refractivity (Wildman–Crippen MR) is 66.0 cm³/mol. The van der Waals surface area contributed by atoms with Crippen molar-refractivity contribution < 1.29 is 0 Å². The van der Waals surface area contributed by atoms with Gasteiger partial charge in [-0.3, -0.25) is 5.84 Å². The first-order valence-electron chi connectivity index (χ1n) is 5.75. The third-order valence-electron chi connectivity index (χ3n) is 2.72. The highest BCUT2D eigenvalue weighted by molar-refractivity contribution is 5.30. The summed E-state index contributed by atoms with van der Waals surface area (Å²) in [5, 5.41) is 10.5. The number of aromatic nitrogens is 3. The first-order chi connectivity index (χ1) is 8.35. The molecule has 0 bridgehead atoms. The summed E-state index contributed by atoms with van der Waals surface area (Å²) in [6.07, 6.45) is 3.88. The van der Waals surface area contributed by atoms with Gasteiger partial charge in [-0.25, -0.2) is 5.43 Å². The predicted octanol–water partition coefficient (Wildman–Crippen LogP) is 1.31. The number of hydrogen-bond acceptors (Lipinski definition) is 4. The van der Waals surface area contributed by atoms with Gasteiger partial charge < -0.3 is 0 Å². The largest absolute Gasteiger partial charge is 0.271 e. The minimum absolute atomic E-state index is 0.120. The molecule has 1 unspecified atom stereocenters. The van der Waals surface area contributed by atoms with Gasteiger partial charge in [-0.05, 0) is 17.5 Å². The third-order valence-corrected chi connectivity index (χ3v) is 2.72. The van der Waals surface area contributed by atoms with Crippen molar-refractivity contribution in [3.8, 4) is 0 Å². The number of hydrazine groups is 1. The van der Waals surface area contributed by atoms with Gasteiger partial charge in [-0.1, -0.05) is 37.6 Å². The zero-order chi connectivity index (χ0) is 12.1. The van der Waals surface area contributed by atoms with E-state index < -0.39 is 0 Å². The first kappa shape index (κ1) is 11.8. The maximum atomic E-state index is 5.59. The second kappa shape index (κ2) is 5.56. The van der Waals surface area contributed by atoms with Crippen molar-refractivity contribution in [1.29, 1.82) is 0 Å². The zero-order valence-corrected chi connectivity index (χ0v) is 9.85. The van der Waals surface area contributed by atoms with E-state index in [1.165, 1.54) is 5.56 Å². The molecule has 1 aromatic carbocycles. The monoisotopic (exact) mass is 231 g/mol. The summed E-state index contributed by atoms with van der Waals surface area (Å²) in [5.41, 5.74) is 5.98. The van der Waals surface area contributed by atoms with Crippen LogP contribution in [0.5, 0.6) is 0 Å². The Bertz CT molecular complexity index is 452. The number of benzene rings is 1. The summed E-state index contributed by atoms with van der Waals surface area (Å²) >= 11 is 0. The lowest BCUT2D eigenvalue weighted by molar-refractivity contribution is 0.617. The van der Waals surface area contributed by atoms with Crippen LogP contribution < -0.4 is 11.3 Å². The van der Waals surface area contributed by atoms with E-state index >= 15 is 0 Å². The van der Waals surface area contributed by atoms with Crippen molar-refractivity contribution >= 4 is 0 Å². The quantitative estimate of drug-likeness (QED) is 0.535. The van der Waals surface area contributed by atoms with Crippen LogP contribution in [0.3, 0.4) is 0 Å². The number of rotatable bonds is 5. The van der Waals surface area contributed by atoms with Gasteiger partial charge >= 0.3 is 0 Å². The Morgan fingerprint density at radius 2 is 2.35 bits per heavy atom. The molecule has 2 aromatic rings. The summed E-state index contributed by atoms with van der Waals surface area (Å²) in [4.78, 5) is 0. The van der Waals surface area contributed by atoms with E-state index in [1.54, 1.807) is 6.20 Å². The molecule has 0 radical (unpaired) electrons. The number of aryl methyl sites for hydroxylation is 1. The molecule has 0 saturated carbocycles. The third kappa shape index (κ3) is 2.69. The van der Waals surface area contributed by atoms with E-state index in [2.05, 4.69) is 39.9 Å². The van der Waals surface area contributed by atoms with Crippen LogP contribution >= 0.6 is 0 Å². The number of nitrogens with zero attached hydrogens (tertiary/aromatic N) is 2. The average Bonchev–Trinajstić information content (AvgIpc) is 2.85. The lowest BCUT2D eigenvalue weighted by Crippen LogP contribution is -2.29. The van der Waals surface area contributed by atoms with E-state index in [-0.39, 0.29) is 6.04 Å². The second-order valence-electron chi connectivity index (χ2n) is 3.99. The molecule has 5 nitrogen and oxygen atoms in total. The molecular formula is C12H17N5. The van der Waals surface area contributed by atoms with Crippen molar-refractivity contribution in [2.45, 2.75) is 25.8 Å². The highest BCUT2D eigenvalue weighted by atomic mass is 15.3. The van der Waals surface area contributed by atoms with Gasteiger partial charge in [0.05, 0.1) is 12.2 Å². The summed E-state index contributed by atoms with van der Waals surface area (Å²) in [7, 11) is 0. The molecule has 5 heteroatoms. The highest BCUT2D eigenvalue weighted by Crippen LogP contribution is 2.20. The van der Waals surface area contributed by atoms with Crippen LogP contribution in [0.2, 0.25) is 0 Å². The lowest BCUT2D eigenvalue weighted by atomic mass is 10.0. The van der Waals surface area contributed by atoms with Crippen LogP contribution in [0.1, 0.15) is 36.2 Å². The second-order valence-corrected chi connectivity index (χ2v) is 3.99. The Balaban J connectivity index is 2.28. The van der Waals surface area contributed by atoms with E-state index in [9.17, 15) is 0 Å². The Morgan fingerprint density at radius 3 is 3.00 bits per heavy atom. The van der Waals surface area contributed by atoms with Crippen molar-refractivity contribution in [3.63, 3.8) is 0 Å². The normalized spacial score (nSPS) is 12.6. The fourth-order valence-electron chi connectivity index (χ4n) is 1.92. The molecule has 0 spiro atoms. The number of H-pyrrole nitrogens is 1. The van der Waals surface area contributed by atoms with Crippen LogP contribution in [0, 0.1) is 0 Å². The van der Waals surface area contributed by atoms with E-state index in [0.29, 0.717) is 0 Å². The molecule has 2 rings (SSSR count). The Labute approximate surface area is 100 Å². The van der Waals surface area contributed by atoms with Gasteiger partial charge in [-0.2, -0.15) is 15.4 Å². The van der Waals surface area contributed by atoms with Crippen molar-refractivity contribution in [3.05, 3.63) is 47.3 Å². The summed E-state index contributed by atoms with van der Waals surface area (Å²) < 4.78 is 0. The standard InChI is InChI=1S/C12H17N5/c1-2-4-9-5-3-6-10(7-9)12(15-13)11-8-14-17-16-11/h3,5-8,12,15H,2,4,13H2,1H3,(H,14,16,17). The van der Waals surface area contributed by atoms with Crippen LogP contribution in [0.25, 0.3) is 0 Å². The maximum Gasteiger partial charge on any atom is 0.105 e. The highest BCUT2D eigenvalue weighted by Gasteiger charge is 2.14. The molecule has 17 heavy (non-hydrogen) atoms. The SMILES string of the molecule is CCCc1cccc(C(NN)c2cn[nH]n2)c1. The fourth-order valence-corrected chi connectivity index (χ4v) is 1.92. The number of nitrogens with one attached hydrogen (secondary N) is 2. The van der Waals surface area contributed by atoms with Gasteiger partial charge in [0.1, 0.15) is 5.69 Å². The van der Waals surface area contributed by atoms with E-state index in [4.69, 9.17) is 5.84 Å². The summed E-state index contributed by atoms with van der Waals surface area (Å²) in [6, 6.07) is 8.25. The zero-order valence-electron chi connectivity index (χ0n) is 9.85. The van der Waals surface area contributed by atoms with Gasteiger partial charge in [-0.15, -0.1) is 0 Å². The number of aromatic amines is 1. The Morgan fingerprint density at radius 1 is 1.47 bits per heavy atom. The molecule has 1 atom stereocenters. The molecule has 1 heterocycles. The van der Waals surface area contributed by atoms with Crippen molar-refractivity contribution in [1.82, 2.24) is 20.8 Å². The van der Waals surface area contributed by atoms with Crippen LogP contribution in [-0.4, -0.2) is 15.4 Å². The molecule has 0 aliphatic carbocycles. The Hall–Kier alpha value is -1.72. The van der Waals surface area contributed by atoms with Crippen LogP contribution in [-0.2, 0) is 6.42 Å². The molecule has 0 aliphatic rings. The molecule has 0 aliphatic heterocycles. The lowest BCUT2D eigenvalue weighted by Gasteiger charge is -2.14. The minimum Gasteiger partial charge on any atom is -0.271 e. The van der Waals surface area contributed by atoms with Crippen LogP contribution in [0.15, 0.2) is 30.5 Å². The molecule has 0 saturated heterocycles. The van der Waals surface area contributed by atoms with Gasteiger partial charge in [0.25, 0.3) is 0 Å². The van der Waals surface area contributed by atoms with E-state index in [1.807, 2.05) is 12.1 Å². The Kier molecular flexibility index (Phi) is 3.85. The summed E-state index contributed by atoms with van der Waals surface area (Å²) in [5.74, 6) is 5.59. The molecule has 1 aromatic heterocycles. The number of hydrogen-bond donors (Lipinski definition) is 3. The molecule has 90 valence electrons. The average molecular weight is 231 g/mol. The van der Waals surface area contributed by atoms with Crippen molar-refractivity contribution in [2.24, 2.45) is 5.84 Å². The van der Waals surface area contributed by atoms with Gasteiger partial charge in [0.2, 0.25) is 0 Å². The molecule has 0 amide bonds. The van der Waals surface area contributed by atoms with E-state index in [0.717, 1.165) is 24.1 Å².